The van der Waals surface area contributed by atoms with E-state index in [2.05, 4.69) is 20.4 Å². The molecule has 0 unspecified atom stereocenters. The molecule has 0 aliphatic heterocycles. The standard InChI is InChI=1S/C19H22N4O3/c1-14-22-19(26-23-14)8-10-20-12-15-11-17(24-2)6-7-18(15)25-13-16-5-3-4-9-21-16/h3-7,9,11,20H,8,10,12-13H2,1-2H3. The lowest BCUT2D eigenvalue weighted by molar-refractivity contribution is 0.296. The lowest BCUT2D eigenvalue weighted by Crippen LogP contribution is -2.17. The number of hydrogen-bond donors (Lipinski definition) is 1. The molecule has 3 aromatic rings. The Hall–Kier alpha value is -2.93. The highest BCUT2D eigenvalue weighted by Gasteiger charge is 2.08. The summed E-state index contributed by atoms with van der Waals surface area (Å²) in [7, 11) is 1.65. The minimum atomic E-state index is 0.418. The van der Waals surface area contributed by atoms with Crippen LogP contribution >= 0.6 is 0 Å². The number of methoxy groups -OCH3 is 1. The fourth-order valence-corrected chi connectivity index (χ4v) is 2.46. The van der Waals surface area contributed by atoms with Crippen LogP contribution in [-0.2, 0) is 19.6 Å². The first kappa shape index (κ1) is 17.9. The van der Waals surface area contributed by atoms with Gasteiger partial charge in [-0.25, -0.2) is 0 Å². The molecule has 0 radical (unpaired) electrons. The zero-order chi connectivity index (χ0) is 18.2. The fourth-order valence-electron chi connectivity index (χ4n) is 2.46. The van der Waals surface area contributed by atoms with Gasteiger partial charge in [-0.3, -0.25) is 4.98 Å². The lowest BCUT2D eigenvalue weighted by atomic mass is 10.2. The zero-order valence-corrected chi connectivity index (χ0v) is 14.9. The number of ether oxygens (including phenoxy) is 2. The fraction of sp³-hybridized carbons (Fsp3) is 0.316. The van der Waals surface area contributed by atoms with Gasteiger partial charge in [0, 0.05) is 31.3 Å². The number of pyridine rings is 1. The molecule has 136 valence electrons. The van der Waals surface area contributed by atoms with Gasteiger partial charge in [0.25, 0.3) is 0 Å². The Balaban J connectivity index is 1.58. The van der Waals surface area contributed by atoms with Crippen molar-refractivity contribution in [3.63, 3.8) is 0 Å². The molecule has 2 aromatic heterocycles. The van der Waals surface area contributed by atoms with Crippen LogP contribution in [0.1, 0.15) is 23.0 Å². The summed E-state index contributed by atoms with van der Waals surface area (Å²) < 4.78 is 16.4. The molecule has 0 fully saturated rings. The van der Waals surface area contributed by atoms with E-state index in [0.717, 1.165) is 29.3 Å². The largest absolute Gasteiger partial charge is 0.497 e. The lowest BCUT2D eigenvalue weighted by Gasteiger charge is -2.13. The minimum Gasteiger partial charge on any atom is -0.497 e. The van der Waals surface area contributed by atoms with Gasteiger partial charge in [-0.15, -0.1) is 0 Å². The molecule has 7 heteroatoms. The normalized spacial score (nSPS) is 10.7. The highest BCUT2D eigenvalue weighted by atomic mass is 16.5. The monoisotopic (exact) mass is 354 g/mol. The molecule has 7 nitrogen and oxygen atoms in total. The number of rotatable bonds is 9. The summed E-state index contributed by atoms with van der Waals surface area (Å²) in [5.74, 6) is 2.88. The van der Waals surface area contributed by atoms with Crippen molar-refractivity contribution >= 4 is 0 Å². The summed E-state index contributed by atoms with van der Waals surface area (Å²) in [6, 6.07) is 11.5. The van der Waals surface area contributed by atoms with Crippen LogP contribution in [0.15, 0.2) is 47.1 Å². The van der Waals surface area contributed by atoms with Gasteiger partial charge in [-0.1, -0.05) is 11.2 Å². The Bertz CT molecular complexity index is 821. The summed E-state index contributed by atoms with van der Waals surface area (Å²) in [5.41, 5.74) is 1.90. The van der Waals surface area contributed by atoms with Crippen LogP contribution in [0.25, 0.3) is 0 Å². The molecular formula is C19H22N4O3. The third kappa shape index (κ3) is 5.03. The minimum absolute atomic E-state index is 0.418. The Morgan fingerprint density at radius 2 is 2.12 bits per heavy atom. The molecule has 0 aliphatic carbocycles. The number of benzene rings is 1. The first-order valence-corrected chi connectivity index (χ1v) is 8.44. The first-order valence-electron chi connectivity index (χ1n) is 8.44. The van der Waals surface area contributed by atoms with E-state index in [4.69, 9.17) is 14.0 Å². The third-order valence-corrected chi connectivity index (χ3v) is 3.77. The van der Waals surface area contributed by atoms with Gasteiger partial charge < -0.3 is 19.3 Å². The second kappa shape index (κ2) is 8.96. The SMILES string of the molecule is COc1ccc(OCc2ccccn2)c(CNCCc2nc(C)no2)c1. The van der Waals surface area contributed by atoms with E-state index in [-0.39, 0.29) is 0 Å². The van der Waals surface area contributed by atoms with E-state index < -0.39 is 0 Å². The first-order chi connectivity index (χ1) is 12.7. The van der Waals surface area contributed by atoms with Gasteiger partial charge in [0.05, 0.1) is 12.8 Å². The molecule has 0 atom stereocenters. The molecule has 3 rings (SSSR count). The van der Waals surface area contributed by atoms with Gasteiger partial charge in [-0.05, 0) is 37.3 Å². The molecule has 26 heavy (non-hydrogen) atoms. The predicted molar refractivity (Wildman–Crippen MR) is 96.0 cm³/mol. The quantitative estimate of drug-likeness (QED) is 0.592. The summed E-state index contributed by atoms with van der Waals surface area (Å²) in [6.07, 6.45) is 2.43. The van der Waals surface area contributed by atoms with Crippen LogP contribution in [0.3, 0.4) is 0 Å². The summed E-state index contributed by atoms with van der Waals surface area (Å²) >= 11 is 0. The van der Waals surface area contributed by atoms with Gasteiger partial charge in [0.2, 0.25) is 5.89 Å². The highest BCUT2D eigenvalue weighted by molar-refractivity contribution is 5.40. The van der Waals surface area contributed by atoms with E-state index in [9.17, 15) is 0 Å². The van der Waals surface area contributed by atoms with E-state index in [1.807, 2.05) is 43.3 Å². The van der Waals surface area contributed by atoms with E-state index in [1.165, 1.54) is 0 Å². The second-order valence-corrected chi connectivity index (χ2v) is 5.75. The average molecular weight is 354 g/mol. The molecule has 0 bridgehead atoms. The van der Waals surface area contributed by atoms with Gasteiger partial charge in [0.15, 0.2) is 5.82 Å². The van der Waals surface area contributed by atoms with Crippen LogP contribution in [-0.4, -0.2) is 28.8 Å². The van der Waals surface area contributed by atoms with Crippen molar-refractivity contribution in [3.8, 4) is 11.5 Å². The maximum Gasteiger partial charge on any atom is 0.227 e. The maximum absolute atomic E-state index is 5.94. The highest BCUT2D eigenvalue weighted by Crippen LogP contribution is 2.25. The molecule has 1 N–H and O–H groups in total. The van der Waals surface area contributed by atoms with Crippen LogP contribution in [0.2, 0.25) is 0 Å². The summed E-state index contributed by atoms with van der Waals surface area (Å²) in [4.78, 5) is 8.47. The molecule has 0 amide bonds. The summed E-state index contributed by atoms with van der Waals surface area (Å²) in [6.45, 7) is 3.59. The Labute approximate surface area is 152 Å². The number of hydrogen-bond acceptors (Lipinski definition) is 7. The maximum atomic E-state index is 5.94. The van der Waals surface area contributed by atoms with Gasteiger partial charge in [-0.2, -0.15) is 4.98 Å². The predicted octanol–water partition coefficient (Wildman–Crippen LogP) is 2.69. The molecule has 0 saturated carbocycles. The van der Waals surface area contributed by atoms with Gasteiger partial charge >= 0.3 is 0 Å². The van der Waals surface area contributed by atoms with Crippen molar-refractivity contribution in [2.75, 3.05) is 13.7 Å². The van der Waals surface area contributed by atoms with E-state index in [1.54, 1.807) is 13.3 Å². The Kier molecular flexibility index (Phi) is 6.16. The van der Waals surface area contributed by atoms with Crippen molar-refractivity contribution < 1.29 is 14.0 Å². The van der Waals surface area contributed by atoms with Gasteiger partial charge in [0.1, 0.15) is 18.1 Å². The molecule has 1 aromatic carbocycles. The smallest absolute Gasteiger partial charge is 0.227 e. The van der Waals surface area contributed by atoms with Crippen LogP contribution < -0.4 is 14.8 Å². The Morgan fingerprint density at radius 1 is 1.19 bits per heavy atom. The molecule has 0 aliphatic rings. The number of aromatic nitrogens is 3. The number of nitrogens with one attached hydrogen (secondary N) is 1. The second-order valence-electron chi connectivity index (χ2n) is 5.75. The topological polar surface area (TPSA) is 82.3 Å². The number of nitrogens with zero attached hydrogens (tertiary/aromatic N) is 3. The van der Waals surface area contributed by atoms with E-state index in [0.29, 0.717) is 31.3 Å². The van der Waals surface area contributed by atoms with E-state index >= 15 is 0 Å². The van der Waals surface area contributed by atoms with Crippen molar-refractivity contribution in [1.29, 1.82) is 0 Å². The van der Waals surface area contributed by atoms with Crippen molar-refractivity contribution in [2.24, 2.45) is 0 Å². The third-order valence-electron chi connectivity index (χ3n) is 3.77. The van der Waals surface area contributed by atoms with Crippen LogP contribution in [0.4, 0.5) is 0 Å². The Morgan fingerprint density at radius 3 is 2.85 bits per heavy atom. The van der Waals surface area contributed by atoms with Crippen molar-refractivity contribution in [1.82, 2.24) is 20.4 Å². The molecule has 0 saturated heterocycles. The van der Waals surface area contributed by atoms with Crippen molar-refractivity contribution in [3.05, 3.63) is 65.6 Å². The van der Waals surface area contributed by atoms with Crippen molar-refractivity contribution in [2.45, 2.75) is 26.5 Å². The molecular weight excluding hydrogens is 332 g/mol. The molecule has 2 heterocycles. The summed E-state index contributed by atoms with van der Waals surface area (Å²) in [5, 5.41) is 7.16. The van der Waals surface area contributed by atoms with Crippen LogP contribution in [0.5, 0.6) is 11.5 Å². The zero-order valence-electron chi connectivity index (χ0n) is 14.9. The average Bonchev–Trinajstić information content (AvgIpc) is 3.10. The van der Waals surface area contributed by atoms with Crippen LogP contribution in [0, 0.1) is 6.92 Å². The molecule has 0 spiro atoms. The number of aryl methyl sites for hydroxylation is 1.